The van der Waals surface area contributed by atoms with Gasteiger partial charge in [0.25, 0.3) is 0 Å². The molecule has 0 bridgehead atoms. The summed E-state index contributed by atoms with van der Waals surface area (Å²) in [5, 5.41) is 0. The number of carbonyl (C=O) groups is 1. The molecule has 0 aromatic heterocycles. The minimum Gasteiger partial charge on any atom is -0.341 e. The van der Waals surface area contributed by atoms with Crippen molar-refractivity contribution in [1.29, 1.82) is 0 Å². The maximum atomic E-state index is 12.4. The molecule has 1 aliphatic heterocycles. The monoisotopic (exact) mass is 311 g/mol. The van der Waals surface area contributed by atoms with Crippen LogP contribution in [0.3, 0.4) is 0 Å². The third-order valence-corrected chi connectivity index (χ3v) is 4.37. The smallest absolute Gasteiger partial charge is 0.244 e. The molecule has 3 N–H and O–H groups in total. The van der Waals surface area contributed by atoms with Crippen LogP contribution in [0.1, 0.15) is 24.4 Å². The summed E-state index contributed by atoms with van der Waals surface area (Å²) in [7, 11) is -3.20. The van der Waals surface area contributed by atoms with E-state index >= 15 is 0 Å². The number of likely N-dealkylation sites (tertiary alicyclic amines) is 1. The SMILES string of the molecule is CS(=O)(=O)NC1CCN(C(=O)[C@@H](N)c2ccccc2)CC1. The van der Waals surface area contributed by atoms with E-state index in [0.29, 0.717) is 25.9 Å². The van der Waals surface area contributed by atoms with Gasteiger partial charge in [0.05, 0.1) is 6.26 Å². The molecule has 6 nitrogen and oxygen atoms in total. The number of nitrogens with two attached hydrogens (primary N) is 1. The van der Waals surface area contributed by atoms with E-state index in [0.717, 1.165) is 11.8 Å². The molecule has 1 saturated heterocycles. The van der Waals surface area contributed by atoms with Gasteiger partial charge < -0.3 is 10.6 Å². The second-order valence-corrected chi connectivity index (χ2v) is 7.16. The van der Waals surface area contributed by atoms with Crippen molar-refractivity contribution in [3.05, 3.63) is 35.9 Å². The predicted octanol–water partition coefficient (Wildman–Crippen LogP) is 0.227. The van der Waals surface area contributed by atoms with Crippen LogP contribution < -0.4 is 10.5 Å². The van der Waals surface area contributed by atoms with Crippen LogP contribution in [0.5, 0.6) is 0 Å². The minimum atomic E-state index is -3.20. The number of nitrogens with zero attached hydrogens (tertiary/aromatic N) is 1. The van der Waals surface area contributed by atoms with Crippen LogP contribution in [0.15, 0.2) is 30.3 Å². The molecule has 0 spiro atoms. The lowest BCUT2D eigenvalue weighted by Crippen LogP contribution is -2.48. The molecule has 116 valence electrons. The van der Waals surface area contributed by atoms with Gasteiger partial charge in [-0.2, -0.15) is 0 Å². The Morgan fingerprint density at radius 1 is 1.29 bits per heavy atom. The van der Waals surface area contributed by atoms with Crippen molar-refractivity contribution in [2.45, 2.75) is 24.9 Å². The third kappa shape index (κ3) is 4.52. The predicted molar refractivity (Wildman–Crippen MR) is 81.0 cm³/mol. The Bertz CT molecular complexity index is 581. The molecule has 0 saturated carbocycles. The Labute approximate surface area is 125 Å². The molecule has 0 radical (unpaired) electrons. The van der Waals surface area contributed by atoms with Gasteiger partial charge in [-0.25, -0.2) is 13.1 Å². The molecule has 2 rings (SSSR count). The molecule has 0 unspecified atom stereocenters. The Morgan fingerprint density at radius 3 is 2.38 bits per heavy atom. The van der Waals surface area contributed by atoms with Crippen molar-refractivity contribution in [3.63, 3.8) is 0 Å². The van der Waals surface area contributed by atoms with Gasteiger partial charge in [-0.15, -0.1) is 0 Å². The van der Waals surface area contributed by atoms with Crippen molar-refractivity contribution in [2.75, 3.05) is 19.3 Å². The first-order chi connectivity index (χ1) is 9.87. The number of amides is 1. The summed E-state index contributed by atoms with van der Waals surface area (Å²) in [6.45, 7) is 1.04. The van der Waals surface area contributed by atoms with E-state index in [1.165, 1.54) is 0 Å². The van der Waals surface area contributed by atoms with Crippen molar-refractivity contribution >= 4 is 15.9 Å². The highest BCUT2D eigenvalue weighted by Crippen LogP contribution is 2.17. The summed E-state index contributed by atoms with van der Waals surface area (Å²) >= 11 is 0. The van der Waals surface area contributed by atoms with Crippen molar-refractivity contribution in [3.8, 4) is 0 Å². The average Bonchev–Trinajstić information content (AvgIpc) is 2.46. The molecule has 1 aliphatic rings. The van der Waals surface area contributed by atoms with Crippen LogP contribution in [0, 0.1) is 0 Å². The molecular weight excluding hydrogens is 290 g/mol. The molecule has 1 amide bonds. The second-order valence-electron chi connectivity index (χ2n) is 5.38. The van der Waals surface area contributed by atoms with Gasteiger partial charge in [-0.1, -0.05) is 30.3 Å². The largest absolute Gasteiger partial charge is 0.341 e. The highest BCUT2D eigenvalue weighted by atomic mass is 32.2. The van der Waals surface area contributed by atoms with Crippen molar-refractivity contribution < 1.29 is 13.2 Å². The summed E-state index contributed by atoms with van der Waals surface area (Å²) < 4.78 is 25.0. The zero-order valence-corrected chi connectivity index (χ0v) is 12.8. The van der Waals surface area contributed by atoms with Gasteiger partial charge in [0.15, 0.2) is 0 Å². The number of sulfonamides is 1. The van der Waals surface area contributed by atoms with E-state index in [4.69, 9.17) is 5.73 Å². The Kier molecular flexibility index (Phi) is 4.97. The van der Waals surface area contributed by atoms with Crippen LogP contribution in [0.25, 0.3) is 0 Å². The Morgan fingerprint density at radius 2 is 1.86 bits per heavy atom. The standard InChI is InChI=1S/C14H21N3O3S/c1-21(19,20)16-12-7-9-17(10-8-12)14(18)13(15)11-5-3-2-4-6-11/h2-6,12-13,16H,7-10,15H2,1H3/t13-/m0/s1. The zero-order chi connectivity index (χ0) is 15.5. The summed E-state index contributed by atoms with van der Waals surface area (Å²) in [5.74, 6) is -0.112. The van der Waals surface area contributed by atoms with E-state index in [1.54, 1.807) is 4.90 Å². The normalized spacial score (nSPS) is 18.5. The van der Waals surface area contributed by atoms with E-state index in [2.05, 4.69) is 4.72 Å². The fraction of sp³-hybridized carbons (Fsp3) is 0.500. The van der Waals surface area contributed by atoms with E-state index in [9.17, 15) is 13.2 Å². The number of hydrogen-bond acceptors (Lipinski definition) is 4. The maximum absolute atomic E-state index is 12.4. The maximum Gasteiger partial charge on any atom is 0.244 e. The fourth-order valence-corrected chi connectivity index (χ4v) is 3.36. The lowest BCUT2D eigenvalue weighted by Gasteiger charge is -2.33. The van der Waals surface area contributed by atoms with Crippen LogP contribution >= 0.6 is 0 Å². The summed E-state index contributed by atoms with van der Waals surface area (Å²) in [6.07, 6.45) is 2.37. The second kappa shape index (κ2) is 6.55. The molecule has 1 atom stereocenters. The Hall–Kier alpha value is -1.44. The van der Waals surface area contributed by atoms with Crippen molar-refractivity contribution in [1.82, 2.24) is 9.62 Å². The number of hydrogen-bond donors (Lipinski definition) is 2. The van der Waals surface area contributed by atoms with E-state index < -0.39 is 16.1 Å². The Balaban J connectivity index is 1.91. The molecule has 1 heterocycles. The van der Waals surface area contributed by atoms with Crippen molar-refractivity contribution in [2.24, 2.45) is 5.73 Å². The zero-order valence-electron chi connectivity index (χ0n) is 12.0. The molecule has 0 aliphatic carbocycles. The first kappa shape index (κ1) is 15.9. The fourth-order valence-electron chi connectivity index (χ4n) is 2.52. The summed E-state index contributed by atoms with van der Waals surface area (Å²) in [5.41, 5.74) is 6.79. The lowest BCUT2D eigenvalue weighted by molar-refractivity contribution is -0.133. The third-order valence-electron chi connectivity index (χ3n) is 3.61. The van der Waals surface area contributed by atoms with E-state index in [-0.39, 0.29) is 11.9 Å². The lowest BCUT2D eigenvalue weighted by atomic mass is 10.0. The quantitative estimate of drug-likeness (QED) is 0.832. The summed E-state index contributed by atoms with van der Waals surface area (Å²) in [4.78, 5) is 14.1. The molecular formula is C14H21N3O3S. The number of carbonyl (C=O) groups excluding carboxylic acids is 1. The molecule has 21 heavy (non-hydrogen) atoms. The summed E-state index contributed by atoms with van der Waals surface area (Å²) in [6, 6.07) is 8.49. The van der Waals surface area contributed by atoms with Gasteiger partial charge in [-0.3, -0.25) is 4.79 Å². The van der Waals surface area contributed by atoms with Crippen LogP contribution in [-0.2, 0) is 14.8 Å². The highest BCUT2D eigenvalue weighted by Gasteiger charge is 2.27. The molecule has 1 aromatic carbocycles. The van der Waals surface area contributed by atoms with Gasteiger partial charge in [-0.05, 0) is 18.4 Å². The van der Waals surface area contributed by atoms with Crippen LogP contribution in [0.2, 0.25) is 0 Å². The molecule has 1 fully saturated rings. The first-order valence-corrected chi connectivity index (χ1v) is 8.82. The highest BCUT2D eigenvalue weighted by molar-refractivity contribution is 7.88. The van der Waals surface area contributed by atoms with Crippen LogP contribution in [-0.4, -0.2) is 44.6 Å². The number of benzene rings is 1. The number of nitrogens with one attached hydrogen (secondary N) is 1. The van der Waals surface area contributed by atoms with Gasteiger partial charge in [0.1, 0.15) is 6.04 Å². The van der Waals surface area contributed by atoms with Gasteiger partial charge >= 0.3 is 0 Å². The molecule has 1 aromatic rings. The minimum absolute atomic E-state index is 0.100. The molecule has 7 heteroatoms. The first-order valence-electron chi connectivity index (χ1n) is 6.93. The number of rotatable bonds is 4. The van der Waals surface area contributed by atoms with Gasteiger partial charge in [0, 0.05) is 19.1 Å². The van der Waals surface area contributed by atoms with Gasteiger partial charge in [0.2, 0.25) is 15.9 Å². The van der Waals surface area contributed by atoms with E-state index in [1.807, 2.05) is 30.3 Å². The average molecular weight is 311 g/mol. The van der Waals surface area contributed by atoms with Crippen LogP contribution in [0.4, 0.5) is 0 Å². The topological polar surface area (TPSA) is 92.5 Å². The number of piperidine rings is 1.